The summed E-state index contributed by atoms with van der Waals surface area (Å²) in [6, 6.07) is 9.03. The van der Waals surface area contributed by atoms with Crippen LogP contribution in [0.1, 0.15) is 52.7 Å². The Morgan fingerprint density at radius 1 is 1.13 bits per heavy atom. The lowest BCUT2D eigenvalue weighted by atomic mass is 9.77. The van der Waals surface area contributed by atoms with E-state index in [0.29, 0.717) is 52.9 Å². The molecule has 5 rings (SSSR count). The second-order valence-electron chi connectivity index (χ2n) is 11.2. The number of nitrogens with zero attached hydrogens (tertiary/aromatic N) is 1. The van der Waals surface area contributed by atoms with E-state index in [-0.39, 0.29) is 42.9 Å². The molecular formula is C33H38N2O10. The second kappa shape index (κ2) is 13.7. The highest BCUT2D eigenvalue weighted by atomic mass is 16.5. The number of aliphatic hydroxyl groups excluding tert-OH is 2. The first-order chi connectivity index (χ1) is 21.7. The number of methoxy groups -OCH3 is 2. The first-order valence-electron chi connectivity index (χ1n) is 14.8. The summed E-state index contributed by atoms with van der Waals surface area (Å²) in [5, 5.41) is 24.6. The predicted molar refractivity (Wildman–Crippen MR) is 163 cm³/mol. The van der Waals surface area contributed by atoms with Crippen LogP contribution in [0.3, 0.4) is 0 Å². The number of carbonyl (C=O) groups is 3. The van der Waals surface area contributed by atoms with Gasteiger partial charge in [-0.3, -0.25) is 14.4 Å². The van der Waals surface area contributed by atoms with Gasteiger partial charge in [0.15, 0.2) is 28.6 Å². The summed E-state index contributed by atoms with van der Waals surface area (Å²) >= 11 is 0. The third-order valence-electron chi connectivity index (χ3n) is 7.96. The summed E-state index contributed by atoms with van der Waals surface area (Å²) in [5.41, 5.74) is 1.43. The third kappa shape index (κ3) is 6.26. The number of benzene rings is 2. The van der Waals surface area contributed by atoms with E-state index in [1.807, 2.05) is 13.8 Å². The molecule has 1 aromatic heterocycles. The fourth-order valence-electron chi connectivity index (χ4n) is 5.94. The Morgan fingerprint density at radius 3 is 2.60 bits per heavy atom. The molecule has 2 aromatic carbocycles. The Morgan fingerprint density at radius 2 is 1.91 bits per heavy atom. The number of rotatable bonds is 13. The Bertz CT molecular complexity index is 1600. The quantitative estimate of drug-likeness (QED) is 0.191. The van der Waals surface area contributed by atoms with Crippen LogP contribution in [0.15, 0.2) is 52.5 Å². The lowest BCUT2D eigenvalue weighted by Crippen LogP contribution is -2.56. The topological polar surface area (TPSA) is 157 Å². The van der Waals surface area contributed by atoms with Crippen molar-refractivity contribution in [1.29, 1.82) is 0 Å². The van der Waals surface area contributed by atoms with Crippen LogP contribution in [0.5, 0.6) is 17.2 Å². The van der Waals surface area contributed by atoms with Crippen molar-refractivity contribution in [2.24, 2.45) is 0 Å². The van der Waals surface area contributed by atoms with Crippen molar-refractivity contribution in [2.45, 2.75) is 50.5 Å². The molecule has 0 radical (unpaired) electrons. The molecule has 3 aromatic rings. The van der Waals surface area contributed by atoms with Crippen LogP contribution in [0.25, 0.3) is 11.0 Å². The number of furan rings is 1. The van der Waals surface area contributed by atoms with Crippen molar-refractivity contribution in [3.8, 4) is 17.2 Å². The van der Waals surface area contributed by atoms with Gasteiger partial charge < -0.3 is 43.8 Å². The maximum absolute atomic E-state index is 14.2. The van der Waals surface area contributed by atoms with E-state index in [4.69, 9.17) is 23.4 Å². The molecule has 1 aliphatic heterocycles. The number of hydrogen-bond acceptors (Lipinski definition) is 10. The van der Waals surface area contributed by atoms with Crippen LogP contribution in [-0.2, 0) is 9.53 Å². The van der Waals surface area contributed by atoms with Crippen molar-refractivity contribution in [1.82, 2.24) is 10.2 Å². The minimum absolute atomic E-state index is 0.0117. The fourth-order valence-corrected chi connectivity index (χ4v) is 5.94. The zero-order valence-electron chi connectivity index (χ0n) is 25.6. The van der Waals surface area contributed by atoms with Gasteiger partial charge in [0, 0.05) is 41.8 Å². The molecule has 2 heterocycles. The minimum Gasteiger partial charge on any atom is -0.493 e. The number of nitrogens with one attached hydrogen (secondary N) is 1. The number of fused-ring (bicyclic) bond motifs is 4. The van der Waals surface area contributed by atoms with E-state index >= 15 is 0 Å². The fraction of sp³-hybridized carbons (Fsp3) is 0.424. The SMILES string of the molecule is COc1cc(C=O)cc2c1O[C@@H]1[C@@H](O)[C@H](N(CCCOC(C)C)C(=O)c3cc4cccc(OC)c4o3)C=C(C(=O)NCCO)[C@H]21. The smallest absolute Gasteiger partial charge is 0.290 e. The summed E-state index contributed by atoms with van der Waals surface area (Å²) in [4.78, 5) is 41.0. The molecule has 0 saturated heterocycles. The van der Waals surface area contributed by atoms with Crippen LogP contribution in [0.4, 0.5) is 0 Å². The van der Waals surface area contributed by atoms with E-state index in [9.17, 15) is 24.6 Å². The van der Waals surface area contributed by atoms with E-state index < -0.39 is 36.0 Å². The third-order valence-corrected chi connectivity index (χ3v) is 7.96. The lowest BCUT2D eigenvalue weighted by molar-refractivity contribution is -0.118. The highest BCUT2D eigenvalue weighted by molar-refractivity contribution is 5.99. The normalized spacial score (nSPS) is 20.2. The monoisotopic (exact) mass is 622 g/mol. The van der Waals surface area contributed by atoms with Gasteiger partial charge in [0.1, 0.15) is 18.5 Å². The lowest BCUT2D eigenvalue weighted by Gasteiger charge is -2.40. The average molecular weight is 623 g/mol. The van der Waals surface area contributed by atoms with E-state index in [0.717, 1.165) is 0 Å². The zero-order chi connectivity index (χ0) is 32.2. The van der Waals surface area contributed by atoms with Crippen LogP contribution >= 0.6 is 0 Å². The van der Waals surface area contributed by atoms with Gasteiger partial charge in [0.05, 0.1) is 38.9 Å². The molecule has 0 unspecified atom stereocenters. The average Bonchev–Trinajstić information content (AvgIpc) is 3.66. The number of amides is 2. The van der Waals surface area contributed by atoms with E-state index in [1.165, 1.54) is 25.2 Å². The number of aldehydes is 1. The molecule has 2 amide bonds. The van der Waals surface area contributed by atoms with Gasteiger partial charge in [-0.05, 0) is 50.6 Å². The standard InChI is InChI=1S/C33H38N2O10/c1-18(2)43-12-6-10-35(33(40)26-15-20-7-5-8-24(41-3)29(20)44-26)23-16-22(32(39)34-9-11-36)27-21-13-19(17-37)14-25(42-4)30(21)45-31(27)28(23)38/h5,7-8,13-18,23,27-28,31,36,38H,6,9-12H2,1-4H3,(H,34,39)/t23-,27+,28+,31+/m1/s1. The highest BCUT2D eigenvalue weighted by Gasteiger charge is 2.51. The van der Waals surface area contributed by atoms with Crippen LogP contribution in [0, 0.1) is 0 Å². The number of hydrogen-bond donors (Lipinski definition) is 3. The zero-order valence-corrected chi connectivity index (χ0v) is 25.6. The van der Waals surface area contributed by atoms with Gasteiger partial charge in [-0.2, -0.15) is 0 Å². The van der Waals surface area contributed by atoms with Crippen molar-refractivity contribution in [3.05, 3.63) is 64.9 Å². The Labute approximate surface area is 260 Å². The van der Waals surface area contributed by atoms with Gasteiger partial charge >= 0.3 is 0 Å². The van der Waals surface area contributed by atoms with Crippen molar-refractivity contribution < 1.29 is 48.0 Å². The molecule has 240 valence electrons. The molecule has 0 spiro atoms. The van der Waals surface area contributed by atoms with Crippen molar-refractivity contribution in [3.63, 3.8) is 0 Å². The summed E-state index contributed by atoms with van der Waals surface area (Å²) in [6.07, 6.45) is 0.337. The predicted octanol–water partition coefficient (Wildman–Crippen LogP) is 2.84. The number of carbonyl (C=O) groups excluding carboxylic acids is 3. The first kappa shape index (κ1) is 32.0. The van der Waals surface area contributed by atoms with Crippen molar-refractivity contribution >= 4 is 29.1 Å². The first-order valence-corrected chi connectivity index (χ1v) is 14.8. The summed E-state index contributed by atoms with van der Waals surface area (Å²) in [7, 11) is 2.94. The number of para-hydroxylation sites is 1. The van der Waals surface area contributed by atoms with Gasteiger partial charge in [-0.1, -0.05) is 12.1 Å². The Kier molecular flexibility index (Phi) is 9.76. The Hall–Kier alpha value is -4.39. The molecular weight excluding hydrogens is 584 g/mol. The Balaban J connectivity index is 1.59. The molecule has 4 atom stereocenters. The van der Waals surface area contributed by atoms with Crippen LogP contribution in [0.2, 0.25) is 0 Å². The van der Waals surface area contributed by atoms with Crippen LogP contribution in [-0.4, -0.2) is 98.1 Å². The van der Waals surface area contributed by atoms with Gasteiger partial charge in [-0.25, -0.2) is 0 Å². The molecule has 2 aliphatic rings. The molecule has 1 aliphatic carbocycles. The van der Waals surface area contributed by atoms with E-state index in [2.05, 4.69) is 5.32 Å². The summed E-state index contributed by atoms with van der Waals surface area (Å²) in [6.45, 7) is 4.04. The van der Waals surface area contributed by atoms with Gasteiger partial charge in [-0.15, -0.1) is 0 Å². The molecule has 12 nitrogen and oxygen atoms in total. The van der Waals surface area contributed by atoms with Gasteiger partial charge in [0.25, 0.3) is 5.91 Å². The summed E-state index contributed by atoms with van der Waals surface area (Å²) in [5.74, 6) is -0.733. The maximum atomic E-state index is 14.2. The van der Waals surface area contributed by atoms with Crippen molar-refractivity contribution in [2.75, 3.05) is 40.5 Å². The number of ether oxygens (including phenoxy) is 4. The molecule has 0 bridgehead atoms. The molecule has 3 N–H and O–H groups in total. The largest absolute Gasteiger partial charge is 0.493 e. The maximum Gasteiger partial charge on any atom is 0.290 e. The molecule has 0 fully saturated rings. The summed E-state index contributed by atoms with van der Waals surface area (Å²) < 4.78 is 28.9. The highest BCUT2D eigenvalue weighted by Crippen LogP contribution is 2.51. The molecule has 45 heavy (non-hydrogen) atoms. The molecule has 0 saturated carbocycles. The second-order valence-corrected chi connectivity index (χ2v) is 11.2. The van der Waals surface area contributed by atoms with E-state index in [1.54, 1.807) is 36.4 Å². The van der Waals surface area contributed by atoms with Gasteiger partial charge in [0.2, 0.25) is 5.91 Å². The minimum atomic E-state index is -1.30. The van der Waals surface area contributed by atoms with Crippen LogP contribution < -0.4 is 19.5 Å². The molecule has 12 heteroatoms. The number of aliphatic hydroxyl groups is 2.